The lowest BCUT2D eigenvalue weighted by Gasteiger charge is -2.29. The first kappa shape index (κ1) is 12.9. The highest BCUT2D eigenvalue weighted by Crippen LogP contribution is 2.29. The van der Waals surface area contributed by atoms with Gasteiger partial charge >= 0.3 is 5.97 Å². The third-order valence-electron chi connectivity index (χ3n) is 4.32. The molecule has 2 rings (SSSR count). The monoisotopic (exact) mass is 240 g/mol. The van der Waals surface area contributed by atoms with Crippen LogP contribution in [0, 0.1) is 11.8 Å². The smallest absolute Gasteiger partial charge is 0.306 e. The van der Waals surface area contributed by atoms with E-state index < -0.39 is 5.97 Å². The van der Waals surface area contributed by atoms with Crippen LogP contribution >= 0.6 is 0 Å². The van der Waals surface area contributed by atoms with Gasteiger partial charge < -0.3 is 9.84 Å². The number of carbonyl (C=O) groups is 1. The molecule has 3 heteroatoms. The van der Waals surface area contributed by atoms with Gasteiger partial charge in [-0.25, -0.2) is 0 Å². The van der Waals surface area contributed by atoms with Crippen LogP contribution in [0.1, 0.15) is 57.8 Å². The van der Waals surface area contributed by atoms with E-state index in [0.717, 1.165) is 38.2 Å². The maximum absolute atomic E-state index is 10.8. The molecule has 2 aliphatic rings. The van der Waals surface area contributed by atoms with Crippen LogP contribution in [-0.4, -0.2) is 23.8 Å². The quantitative estimate of drug-likeness (QED) is 0.820. The van der Waals surface area contributed by atoms with Crippen molar-refractivity contribution in [3.05, 3.63) is 0 Å². The maximum Gasteiger partial charge on any atom is 0.306 e. The zero-order valence-electron chi connectivity index (χ0n) is 10.6. The van der Waals surface area contributed by atoms with Gasteiger partial charge in [-0.15, -0.1) is 0 Å². The number of aliphatic carboxylic acids is 1. The number of rotatable bonds is 4. The molecule has 0 radical (unpaired) electrons. The molecule has 0 saturated heterocycles. The Kier molecular flexibility index (Phi) is 4.84. The standard InChI is InChI=1S/C14H24O3/c15-14(16)12-6-8-13(9-7-12)17-10-11-4-2-1-3-5-11/h11-13H,1-10H2,(H,15,16). The summed E-state index contributed by atoms with van der Waals surface area (Å²) in [5.74, 6) is 0.0150. The molecule has 0 aliphatic heterocycles. The van der Waals surface area contributed by atoms with Gasteiger partial charge in [-0.3, -0.25) is 4.79 Å². The van der Waals surface area contributed by atoms with Crippen molar-refractivity contribution in [2.75, 3.05) is 6.61 Å². The Bertz CT molecular complexity index is 238. The second-order valence-corrected chi connectivity index (χ2v) is 5.65. The van der Waals surface area contributed by atoms with Crippen LogP contribution in [0.3, 0.4) is 0 Å². The summed E-state index contributed by atoms with van der Waals surface area (Å²) < 4.78 is 5.96. The van der Waals surface area contributed by atoms with Crippen LogP contribution in [-0.2, 0) is 9.53 Å². The van der Waals surface area contributed by atoms with Crippen LogP contribution in [0.5, 0.6) is 0 Å². The fraction of sp³-hybridized carbons (Fsp3) is 0.929. The summed E-state index contributed by atoms with van der Waals surface area (Å²) in [7, 11) is 0. The predicted molar refractivity (Wildman–Crippen MR) is 65.9 cm³/mol. The summed E-state index contributed by atoms with van der Waals surface area (Å²) in [6, 6.07) is 0. The Morgan fingerprint density at radius 1 is 1.00 bits per heavy atom. The van der Waals surface area contributed by atoms with E-state index in [2.05, 4.69) is 0 Å². The molecular formula is C14H24O3. The molecule has 0 heterocycles. The molecule has 0 aromatic carbocycles. The Labute approximate surface area is 104 Å². The molecule has 0 atom stereocenters. The van der Waals surface area contributed by atoms with Gasteiger partial charge in [0.15, 0.2) is 0 Å². The van der Waals surface area contributed by atoms with Crippen molar-refractivity contribution < 1.29 is 14.6 Å². The molecule has 1 N–H and O–H groups in total. The average molecular weight is 240 g/mol. The zero-order chi connectivity index (χ0) is 12.1. The van der Waals surface area contributed by atoms with Gasteiger partial charge in [0, 0.05) is 6.61 Å². The lowest BCUT2D eigenvalue weighted by atomic mass is 9.87. The first-order valence-electron chi connectivity index (χ1n) is 7.10. The van der Waals surface area contributed by atoms with Crippen molar-refractivity contribution in [2.24, 2.45) is 11.8 Å². The van der Waals surface area contributed by atoms with Gasteiger partial charge in [-0.05, 0) is 44.4 Å². The van der Waals surface area contributed by atoms with Crippen molar-refractivity contribution >= 4 is 5.97 Å². The number of carboxylic acids is 1. The second kappa shape index (κ2) is 6.39. The minimum Gasteiger partial charge on any atom is -0.481 e. The van der Waals surface area contributed by atoms with Gasteiger partial charge in [0.2, 0.25) is 0 Å². The summed E-state index contributed by atoms with van der Waals surface area (Å²) in [4.78, 5) is 10.8. The van der Waals surface area contributed by atoms with Crippen LogP contribution in [0.2, 0.25) is 0 Å². The van der Waals surface area contributed by atoms with Gasteiger partial charge in [-0.2, -0.15) is 0 Å². The Morgan fingerprint density at radius 3 is 2.24 bits per heavy atom. The van der Waals surface area contributed by atoms with Gasteiger partial charge in [-0.1, -0.05) is 19.3 Å². The Balaban J connectivity index is 1.62. The molecule has 2 aliphatic carbocycles. The molecule has 17 heavy (non-hydrogen) atoms. The van der Waals surface area contributed by atoms with Gasteiger partial charge in [0.1, 0.15) is 0 Å². The van der Waals surface area contributed by atoms with E-state index >= 15 is 0 Å². The topological polar surface area (TPSA) is 46.5 Å². The highest BCUT2D eigenvalue weighted by molar-refractivity contribution is 5.70. The third kappa shape index (κ3) is 3.98. The first-order valence-corrected chi connectivity index (χ1v) is 7.10. The van der Waals surface area contributed by atoms with E-state index in [-0.39, 0.29) is 5.92 Å². The lowest BCUT2D eigenvalue weighted by molar-refractivity contribution is -0.143. The highest BCUT2D eigenvalue weighted by Gasteiger charge is 2.26. The maximum atomic E-state index is 10.8. The molecule has 0 aromatic heterocycles. The largest absolute Gasteiger partial charge is 0.481 e. The van der Waals surface area contributed by atoms with Crippen LogP contribution < -0.4 is 0 Å². The summed E-state index contributed by atoms with van der Waals surface area (Å²) in [6.45, 7) is 0.905. The molecular weight excluding hydrogens is 216 g/mol. The molecule has 2 saturated carbocycles. The van der Waals surface area contributed by atoms with Crippen molar-refractivity contribution in [3.8, 4) is 0 Å². The second-order valence-electron chi connectivity index (χ2n) is 5.65. The molecule has 0 amide bonds. The molecule has 0 bridgehead atoms. The van der Waals surface area contributed by atoms with Crippen molar-refractivity contribution in [2.45, 2.75) is 63.9 Å². The molecule has 0 spiro atoms. The highest BCUT2D eigenvalue weighted by atomic mass is 16.5. The summed E-state index contributed by atoms with van der Waals surface area (Å²) >= 11 is 0. The summed E-state index contributed by atoms with van der Waals surface area (Å²) in [5, 5.41) is 8.92. The van der Waals surface area contributed by atoms with Crippen molar-refractivity contribution in [3.63, 3.8) is 0 Å². The van der Waals surface area contributed by atoms with E-state index in [1.54, 1.807) is 0 Å². The zero-order valence-corrected chi connectivity index (χ0v) is 10.6. The minimum absolute atomic E-state index is 0.121. The van der Waals surface area contributed by atoms with Crippen LogP contribution in [0.4, 0.5) is 0 Å². The predicted octanol–water partition coefficient (Wildman–Crippen LogP) is 3.23. The SMILES string of the molecule is O=C(O)C1CCC(OCC2CCCCC2)CC1. The van der Waals surface area contributed by atoms with E-state index in [1.165, 1.54) is 32.1 Å². The van der Waals surface area contributed by atoms with Crippen molar-refractivity contribution in [1.82, 2.24) is 0 Å². The molecule has 98 valence electrons. The number of hydrogen-bond donors (Lipinski definition) is 1. The Morgan fingerprint density at radius 2 is 1.65 bits per heavy atom. The van der Waals surface area contributed by atoms with Gasteiger partial charge in [0.25, 0.3) is 0 Å². The van der Waals surface area contributed by atoms with Crippen molar-refractivity contribution in [1.29, 1.82) is 0 Å². The van der Waals surface area contributed by atoms with Crippen LogP contribution in [0.15, 0.2) is 0 Å². The first-order chi connectivity index (χ1) is 8.25. The molecule has 0 unspecified atom stereocenters. The molecule has 3 nitrogen and oxygen atoms in total. The average Bonchev–Trinajstić information content (AvgIpc) is 2.38. The van der Waals surface area contributed by atoms with E-state index in [4.69, 9.17) is 9.84 Å². The number of carboxylic acid groups (broad SMARTS) is 1. The third-order valence-corrected chi connectivity index (χ3v) is 4.32. The fourth-order valence-corrected chi connectivity index (χ4v) is 3.10. The normalized spacial score (nSPS) is 31.3. The Hall–Kier alpha value is -0.570. The van der Waals surface area contributed by atoms with E-state index in [9.17, 15) is 4.79 Å². The van der Waals surface area contributed by atoms with E-state index in [1.807, 2.05) is 0 Å². The molecule has 2 fully saturated rings. The fourth-order valence-electron chi connectivity index (χ4n) is 3.10. The van der Waals surface area contributed by atoms with E-state index in [0.29, 0.717) is 6.10 Å². The summed E-state index contributed by atoms with van der Waals surface area (Å²) in [5.41, 5.74) is 0. The summed E-state index contributed by atoms with van der Waals surface area (Å²) in [6.07, 6.45) is 10.5. The van der Waals surface area contributed by atoms with Gasteiger partial charge in [0.05, 0.1) is 12.0 Å². The number of ether oxygens (including phenoxy) is 1. The molecule has 0 aromatic rings. The lowest BCUT2D eigenvalue weighted by Crippen LogP contribution is -2.27. The number of hydrogen-bond acceptors (Lipinski definition) is 2. The van der Waals surface area contributed by atoms with Crippen LogP contribution in [0.25, 0.3) is 0 Å². The minimum atomic E-state index is -0.629.